The number of nitrogens with zero attached hydrogens (tertiary/aromatic N) is 1. The Morgan fingerprint density at radius 3 is 2.84 bits per heavy atom. The number of rotatable bonds is 4. The van der Waals surface area contributed by atoms with Crippen LogP contribution < -0.4 is 5.32 Å². The van der Waals surface area contributed by atoms with E-state index in [-0.39, 0.29) is 6.90 Å². The van der Waals surface area contributed by atoms with Crippen molar-refractivity contribution in [3.63, 3.8) is 0 Å². The third kappa shape index (κ3) is 6.45. The summed E-state index contributed by atoms with van der Waals surface area (Å²) in [5, 5.41) is 14.2. The summed E-state index contributed by atoms with van der Waals surface area (Å²) in [7, 11) is 0. The Morgan fingerprint density at radius 2 is 2.26 bits per heavy atom. The molecule has 1 atom stereocenters. The van der Waals surface area contributed by atoms with Crippen molar-refractivity contribution in [1.29, 1.82) is 0 Å². The second-order valence-electron chi connectivity index (χ2n) is 4.85. The summed E-state index contributed by atoms with van der Waals surface area (Å²) < 4.78 is 12.4. The zero-order valence-corrected chi connectivity index (χ0v) is 11.2. The quantitative estimate of drug-likeness (QED) is 0.499. The van der Waals surface area contributed by atoms with Gasteiger partial charge in [-0.15, -0.1) is 0 Å². The van der Waals surface area contributed by atoms with Gasteiger partial charge in [0.15, 0.2) is 0 Å². The molecular weight excluding hydrogens is 244 g/mol. The Bertz CT molecular complexity index is 449. The van der Waals surface area contributed by atoms with Crippen LogP contribution in [0.25, 0.3) is 0 Å². The van der Waals surface area contributed by atoms with Gasteiger partial charge in [0.2, 0.25) is 0 Å². The number of hydrogen-bond donors (Lipinski definition) is 2. The van der Waals surface area contributed by atoms with E-state index in [9.17, 15) is 4.79 Å². The van der Waals surface area contributed by atoms with E-state index in [1.165, 1.54) is 6.21 Å². The first-order valence-electron chi connectivity index (χ1n) is 6.68. The average Bonchev–Trinajstić information content (AvgIpc) is 2.39. The maximum atomic E-state index is 11.7. The molecule has 1 rings (SSSR count). The Labute approximate surface area is 114 Å². The lowest BCUT2D eigenvalue weighted by Crippen LogP contribution is -2.41. The first-order valence-corrected chi connectivity index (χ1v) is 5.97. The second-order valence-corrected chi connectivity index (χ2v) is 4.85. The topological polar surface area (TPSA) is 70.9 Å². The van der Waals surface area contributed by atoms with Crippen LogP contribution in [0.4, 0.5) is 4.79 Å². The molecule has 104 valence electrons. The monoisotopic (exact) mass is 265 g/mol. The Kier molecular flexibility index (Phi) is 4.78. The molecule has 0 aliphatic rings. The second kappa shape index (κ2) is 6.78. The highest BCUT2D eigenvalue weighted by Gasteiger charge is 2.18. The van der Waals surface area contributed by atoms with Crippen LogP contribution in [0.2, 0.25) is 0 Å². The largest absolute Gasteiger partial charge is 0.444 e. The van der Waals surface area contributed by atoms with Crippen molar-refractivity contribution in [3.05, 3.63) is 35.9 Å². The number of nitrogens with one attached hydrogen (secondary N) is 1. The van der Waals surface area contributed by atoms with Crippen LogP contribution in [0.3, 0.4) is 0 Å². The fraction of sp³-hybridized carbons (Fsp3) is 0.429. The van der Waals surface area contributed by atoms with Gasteiger partial charge >= 0.3 is 6.09 Å². The fourth-order valence-electron chi connectivity index (χ4n) is 1.52. The zero-order chi connectivity index (χ0) is 15.0. The molecular formula is C14H20N2O3. The van der Waals surface area contributed by atoms with E-state index in [2.05, 4.69) is 10.5 Å². The Hall–Kier alpha value is -2.04. The van der Waals surface area contributed by atoms with Gasteiger partial charge in [-0.25, -0.2) is 4.79 Å². The molecule has 0 aliphatic carbocycles. The maximum Gasteiger partial charge on any atom is 0.408 e. The summed E-state index contributed by atoms with van der Waals surface area (Å²) in [5.41, 5.74) is 0.148. The van der Waals surface area contributed by atoms with Crippen molar-refractivity contribution in [1.82, 2.24) is 5.32 Å². The third-order valence-corrected chi connectivity index (χ3v) is 2.22. The molecule has 0 radical (unpaired) electrons. The lowest BCUT2D eigenvalue weighted by Gasteiger charge is -2.22. The molecule has 0 fully saturated rings. The SMILES string of the molecule is [2H]CC(C)(C)OC(=O)N[C@H](/C=N/O)Cc1ccccc1. The normalized spacial score (nSPS) is 13.9. The summed E-state index contributed by atoms with van der Waals surface area (Å²) in [6.07, 6.45) is 1.09. The molecule has 0 aliphatic heterocycles. The number of carbonyl (C=O) groups excluding carboxylic acids is 1. The van der Waals surface area contributed by atoms with E-state index in [0.717, 1.165) is 5.56 Å². The number of hydrogen-bond acceptors (Lipinski definition) is 4. The summed E-state index contributed by atoms with van der Waals surface area (Å²) in [4.78, 5) is 11.7. The van der Waals surface area contributed by atoms with Gasteiger partial charge < -0.3 is 15.3 Å². The molecule has 1 amide bonds. The molecule has 0 unspecified atom stereocenters. The van der Waals surface area contributed by atoms with Gasteiger partial charge in [-0.3, -0.25) is 0 Å². The lowest BCUT2D eigenvalue weighted by atomic mass is 10.1. The number of alkyl carbamates (subject to hydrolysis) is 1. The predicted octanol–water partition coefficient (Wildman–Crippen LogP) is 2.58. The smallest absolute Gasteiger partial charge is 0.408 e. The van der Waals surface area contributed by atoms with E-state index in [0.29, 0.717) is 6.42 Å². The molecule has 0 heterocycles. The van der Waals surface area contributed by atoms with Crippen molar-refractivity contribution in [2.75, 3.05) is 0 Å². The molecule has 0 saturated carbocycles. The van der Waals surface area contributed by atoms with Crippen LogP contribution in [0.15, 0.2) is 35.5 Å². The van der Waals surface area contributed by atoms with Crippen molar-refractivity contribution in [2.45, 2.75) is 38.8 Å². The summed E-state index contributed by atoms with van der Waals surface area (Å²) in [5.74, 6) is 0. The first kappa shape index (κ1) is 13.4. The molecule has 1 aromatic rings. The minimum Gasteiger partial charge on any atom is -0.444 e. The van der Waals surface area contributed by atoms with Gasteiger partial charge in [-0.1, -0.05) is 35.5 Å². The molecule has 2 N–H and O–H groups in total. The minimum absolute atomic E-state index is 0.0299. The van der Waals surface area contributed by atoms with Gasteiger partial charge in [0.05, 0.1) is 12.3 Å². The van der Waals surface area contributed by atoms with E-state index in [1.54, 1.807) is 13.8 Å². The standard InChI is InChI=1S/C14H20N2O3/c1-14(2,3)19-13(17)16-12(10-15-18)9-11-7-5-4-6-8-11/h4-8,10,12,18H,9H2,1-3H3,(H,16,17)/b15-10+/t12-/m0/s1/i1D. The third-order valence-electron chi connectivity index (χ3n) is 2.22. The molecule has 5 nitrogen and oxygen atoms in total. The number of oxime groups is 1. The van der Waals surface area contributed by atoms with Crippen LogP contribution in [-0.4, -0.2) is 29.2 Å². The Balaban J connectivity index is 2.61. The highest BCUT2D eigenvalue weighted by Crippen LogP contribution is 2.08. The van der Waals surface area contributed by atoms with Crippen LogP contribution in [0, 0.1) is 0 Å². The van der Waals surface area contributed by atoms with Crippen LogP contribution in [0.1, 0.15) is 27.7 Å². The van der Waals surface area contributed by atoms with Crippen molar-refractivity contribution in [2.24, 2.45) is 5.16 Å². The van der Waals surface area contributed by atoms with Gasteiger partial charge in [-0.05, 0) is 32.7 Å². The maximum absolute atomic E-state index is 11.7. The summed E-state index contributed by atoms with van der Waals surface area (Å²) in [6.45, 7) is 3.29. The number of ether oxygens (including phenoxy) is 1. The summed E-state index contributed by atoms with van der Waals surface area (Å²) in [6, 6.07) is 9.04. The zero-order valence-electron chi connectivity index (χ0n) is 12.2. The van der Waals surface area contributed by atoms with E-state index in [1.807, 2.05) is 30.3 Å². The molecule has 0 saturated heterocycles. The minimum atomic E-state index is -0.849. The van der Waals surface area contributed by atoms with E-state index in [4.69, 9.17) is 11.3 Å². The van der Waals surface area contributed by atoms with E-state index >= 15 is 0 Å². The highest BCUT2D eigenvalue weighted by molar-refractivity contribution is 5.75. The summed E-state index contributed by atoms with van der Waals surface area (Å²) >= 11 is 0. The van der Waals surface area contributed by atoms with Gasteiger partial charge in [0, 0.05) is 1.37 Å². The van der Waals surface area contributed by atoms with Crippen LogP contribution in [0.5, 0.6) is 0 Å². The predicted molar refractivity (Wildman–Crippen MR) is 73.6 cm³/mol. The molecule has 1 aromatic carbocycles. The van der Waals surface area contributed by atoms with Crippen LogP contribution >= 0.6 is 0 Å². The fourth-order valence-corrected chi connectivity index (χ4v) is 1.52. The van der Waals surface area contributed by atoms with Gasteiger partial charge in [0.1, 0.15) is 5.60 Å². The molecule has 0 aromatic heterocycles. The van der Waals surface area contributed by atoms with Crippen molar-refractivity contribution < 1.29 is 16.1 Å². The van der Waals surface area contributed by atoms with Crippen molar-refractivity contribution in [3.8, 4) is 0 Å². The molecule has 0 spiro atoms. The first-order chi connectivity index (χ1) is 9.46. The average molecular weight is 265 g/mol. The number of amides is 1. The lowest BCUT2D eigenvalue weighted by molar-refractivity contribution is 0.0518. The van der Waals surface area contributed by atoms with Crippen LogP contribution in [-0.2, 0) is 11.2 Å². The van der Waals surface area contributed by atoms with Gasteiger partial charge in [0.25, 0.3) is 0 Å². The highest BCUT2D eigenvalue weighted by atomic mass is 16.6. The van der Waals surface area contributed by atoms with E-state index < -0.39 is 17.7 Å². The molecule has 5 heteroatoms. The molecule has 0 bridgehead atoms. The van der Waals surface area contributed by atoms with Gasteiger partial charge in [-0.2, -0.15) is 0 Å². The number of benzene rings is 1. The molecule has 19 heavy (non-hydrogen) atoms. The Morgan fingerprint density at radius 1 is 1.58 bits per heavy atom. The van der Waals surface area contributed by atoms with Crippen molar-refractivity contribution >= 4 is 12.3 Å². The number of carbonyl (C=O) groups is 1.